The van der Waals surface area contributed by atoms with E-state index in [1.54, 1.807) is 36.2 Å². The predicted molar refractivity (Wildman–Crippen MR) is 76.3 cm³/mol. The number of nitrogens with zero attached hydrogens (tertiary/aromatic N) is 1. The summed E-state index contributed by atoms with van der Waals surface area (Å²) in [5, 5.41) is 9.05. The second-order valence-corrected chi connectivity index (χ2v) is 4.64. The van der Waals surface area contributed by atoms with Gasteiger partial charge in [0.25, 0.3) is 0 Å². The molecule has 0 fully saturated rings. The summed E-state index contributed by atoms with van der Waals surface area (Å²) in [6, 6.07) is 6.53. The summed E-state index contributed by atoms with van der Waals surface area (Å²) in [7, 11) is 1.75. The number of carbonyl (C=O) groups excluding carboxylic acids is 1. The molecular formula is C15H21NO4. The normalized spacial score (nSPS) is 12.2. The third-order valence-electron chi connectivity index (χ3n) is 3.17. The van der Waals surface area contributed by atoms with Gasteiger partial charge < -0.3 is 9.84 Å². The van der Waals surface area contributed by atoms with Crippen molar-refractivity contribution < 1.29 is 19.4 Å². The number of para-hydroxylation sites is 1. The van der Waals surface area contributed by atoms with Gasteiger partial charge in [-0.1, -0.05) is 19.1 Å². The Morgan fingerprint density at radius 2 is 2.00 bits per heavy atom. The molecule has 0 heterocycles. The van der Waals surface area contributed by atoms with Crippen LogP contribution < -0.4 is 4.74 Å². The molecule has 20 heavy (non-hydrogen) atoms. The number of carboxylic acid groups (broad SMARTS) is 1. The molecule has 0 spiro atoms. The molecule has 1 aromatic rings. The third kappa shape index (κ3) is 4.35. The maximum atomic E-state index is 11.4. The summed E-state index contributed by atoms with van der Waals surface area (Å²) in [5.74, 6) is -0.346. The first-order valence-electron chi connectivity index (χ1n) is 6.63. The van der Waals surface area contributed by atoms with Crippen molar-refractivity contribution in [3.8, 4) is 5.75 Å². The molecule has 1 rings (SSSR count). The van der Waals surface area contributed by atoms with Crippen LogP contribution in [0.2, 0.25) is 0 Å². The number of hydrogen-bond acceptors (Lipinski definition) is 4. The Morgan fingerprint density at radius 1 is 1.35 bits per heavy atom. The lowest BCUT2D eigenvalue weighted by molar-refractivity contribution is -0.143. The highest BCUT2D eigenvalue weighted by atomic mass is 16.5. The minimum absolute atomic E-state index is 0.0501. The lowest BCUT2D eigenvalue weighted by Crippen LogP contribution is -2.40. The molecule has 5 heteroatoms. The van der Waals surface area contributed by atoms with E-state index in [-0.39, 0.29) is 5.78 Å². The van der Waals surface area contributed by atoms with Crippen LogP contribution in [0, 0.1) is 0 Å². The fourth-order valence-corrected chi connectivity index (χ4v) is 2.01. The van der Waals surface area contributed by atoms with Crippen LogP contribution in [0.5, 0.6) is 5.75 Å². The fourth-order valence-electron chi connectivity index (χ4n) is 2.01. The van der Waals surface area contributed by atoms with Gasteiger partial charge in [0.05, 0.1) is 5.56 Å². The van der Waals surface area contributed by atoms with Gasteiger partial charge in [-0.05, 0) is 32.5 Å². The van der Waals surface area contributed by atoms with Crippen molar-refractivity contribution in [3.05, 3.63) is 29.8 Å². The summed E-state index contributed by atoms with van der Waals surface area (Å²) in [6.45, 7) is 4.15. The Bertz CT molecular complexity index is 473. The van der Waals surface area contributed by atoms with Crippen molar-refractivity contribution in [1.29, 1.82) is 0 Å². The quantitative estimate of drug-likeness (QED) is 0.738. The number of hydrogen-bond donors (Lipinski definition) is 1. The molecule has 1 unspecified atom stereocenters. The van der Waals surface area contributed by atoms with E-state index >= 15 is 0 Å². The molecule has 0 radical (unpaired) electrons. The smallest absolute Gasteiger partial charge is 0.320 e. The topological polar surface area (TPSA) is 66.8 Å². The lowest BCUT2D eigenvalue weighted by atomic mass is 10.1. The minimum atomic E-state index is -0.834. The average Bonchev–Trinajstić information content (AvgIpc) is 2.39. The molecule has 0 aliphatic heterocycles. The number of likely N-dealkylation sites (N-methyl/N-ethyl adjacent to an activating group) is 1. The maximum Gasteiger partial charge on any atom is 0.320 e. The Labute approximate surface area is 119 Å². The van der Waals surface area contributed by atoms with Gasteiger partial charge in [-0.2, -0.15) is 0 Å². The minimum Gasteiger partial charge on any atom is -0.491 e. The van der Waals surface area contributed by atoms with E-state index in [9.17, 15) is 9.59 Å². The zero-order valence-electron chi connectivity index (χ0n) is 12.1. The Kier molecular flexibility index (Phi) is 6.18. The van der Waals surface area contributed by atoms with Crippen LogP contribution in [-0.4, -0.2) is 48.0 Å². The van der Waals surface area contributed by atoms with Crippen molar-refractivity contribution in [2.45, 2.75) is 26.3 Å². The molecule has 1 aromatic carbocycles. The van der Waals surface area contributed by atoms with Gasteiger partial charge in [-0.3, -0.25) is 14.5 Å². The standard InChI is InChI=1S/C15H21NO4/c1-4-13(15(18)19)16(3)9-10-20-14-8-6-5-7-12(14)11(2)17/h5-8,13H,4,9-10H2,1-3H3,(H,18,19). The van der Waals surface area contributed by atoms with Crippen LogP contribution in [-0.2, 0) is 4.79 Å². The van der Waals surface area contributed by atoms with Gasteiger partial charge in [0.1, 0.15) is 18.4 Å². The van der Waals surface area contributed by atoms with E-state index in [1.807, 2.05) is 6.92 Å². The van der Waals surface area contributed by atoms with Crippen LogP contribution in [0.1, 0.15) is 30.6 Å². The van der Waals surface area contributed by atoms with Crippen LogP contribution in [0.15, 0.2) is 24.3 Å². The lowest BCUT2D eigenvalue weighted by Gasteiger charge is -2.23. The maximum absolute atomic E-state index is 11.4. The third-order valence-corrected chi connectivity index (χ3v) is 3.17. The monoisotopic (exact) mass is 279 g/mol. The van der Waals surface area contributed by atoms with Crippen LogP contribution in [0.3, 0.4) is 0 Å². The number of aliphatic carboxylic acids is 1. The van der Waals surface area contributed by atoms with Gasteiger partial charge in [0.2, 0.25) is 0 Å². The van der Waals surface area contributed by atoms with Crippen molar-refractivity contribution in [2.75, 3.05) is 20.2 Å². The second-order valence-electron chi connectivity index (χ2n) is 4.64. The summed E-state index contributed by atoms with van der Waals surface area (Å²) >= 11 is 0. The summed E-state index contributed by atoms with van der Waals surface area (Å²) in [4.78, 5) is 24.2. The molecule has 0 aromatic heterocycles. The van der Waals surface area contributed by atoms with Gasteiger partial charge in [-0.15, -0.1) is 0 Å². The van der Waals surface area contributed by atoms with Gasteiger partial charge in [-0.25, -0.2) is 0 Å². The Balaban J connectivity index is 2.57. The zero-order valence-corrected chi connectivity index (χ0v) is 12.1. The van der Waals surface area contributed by atoms with E-state index < -0.39 is 12.0 Å². The molecular weight excluding hydrogens is 258 g/mol. The first kappa shape index (κ1) is 16.2. The highest BCUT2D eigenvalue weighted by Crippen LogP contribution is 2.18. The largest absolute Gasteiger partial charge is 0.491 e. The number of Topliss-reactive ketones (excluding diaryl/α,β-unsaturated/α-hetero) is 1. The van der Waals surface area contributed by atoms with Gasteiger partial charge in [0, 0.05) is 6.54 Å². The van der Waals surface area contributed by atoms with E-state index in [2.05, 4.69) is 0 Å². The number of ether oxygens (including phenoxy) is 1. The molecule has 0 bridgehead atoms. The van der Waals surface area contributed by atoms with Crippen molar-refractivity contribution in [2.24, 2.45) is 0 Å². The van der Waals surface area contributed by atoms with E-state index in [1.165, 1.54) is 6.92 Å². The number of carbonyl (C=O) groups is 2. The number of ketones is 1. The number of benzene rings is 1. The molecule has 0 aliphatic rings. The number of rotatable bonds is 8. The van der Waals surface area contributed by atoms with E-state index in [4.69, 9.17) is 9.84 Å². The first-order chi connectivity index (χ1) is 9.47. The van der Waals surface area contributed by atoms with Crippen LogP contribution in [0.25, 0.3) is 0 Å². The average molecular weight is 279 g/mol. The fraction of sp³-hybridized carbons (Fsp3) is 0.467. The van der Waals surface area contributed by atoms with E-state index in [0.717, 1.165) is 0 Å². The molecule has 1 N–H and O–H groups in total. The molecule has 0 amide bonds. The molecule has 5 nitrogen and oxygen atoms in total. The van der Waals surface area contributed by atoms with Crippen LogP contribution >= 0.6 is 0 Å². The van der Waals surface area contributed by atoms with Gasteiger partial charge >= 0.3 is 5.97 Å². The van der Waals surface area contributed by atoms with Crippen molar-refractivity contribution in [1.82, 2.24) is 4.90 Å². The second kappa shape index (κ2) is 7.65. The predicted octanol–water partition coefficient (Wildman–Crippen LogP) is 2.06. The van der Waals surface area contributed by atoms with Crippen LogP contribution in [0.4, 0.5) is 0 Å². The highest BCUT2D eigenvalue weighted by Gasteiger charge is 2.20. The van der Waals surface area contributed by atoms with Crippen molar-refractivity contribution in [3.63, 3.8) is 0 Å². The molecule has 0 saturated carbocycles. The highest BCUT2D eigenvalue weighted by molar-refractivity contribution is 5.96. The first-order valence-corrected chi connectivity index (χ1v) is 6.63. The Hall–Kier alpha value is -1.88. The summed E-state index contributed by atoms with van der Waals surface area (Å²) in [6.07, 6.45) is 0.538. The SMILES string of the molecule is CCC(C(=O)O)N(C)CCOc1ccccc1C(C)=O. The zero-order chi connectivity index (χ0) is 15.1. The van der Waals surface area contributed by atoms with Gasteiger partial charge in [0.15, 0.2) is 5.78 Å². The molecule has 110 valence electrons. The molecule has 0 saturated heterocycles. The van der Waals surface area contributed by atoms with Crippen molar-refractivity contribution >= 4 is 11.8 Å². The summed E-state index contributed by atoms with van der Waals surface area (Å²) < 4.78 is 5.59. The number of carboxylic acids is 1. The van der Waals surface area contributed by atoms with E-state index in [0.29, 0.717) is 30.9 Å². The molecule has 1 atom stereocenters. The summed E-state index contributed by atoms with van der Waals surface area (Å²) in [5.41, 5.74) is 0.542. The Morgan fingerprint density at radius 3 is 2.55 bits per heavy atom. The molecule has 0 aliphatic carbocycles.